The smallest absolute Gasteiger partial charge is 0.246 e. The van der Waals surface area contributed by atoms with E-state index in [2.05, 4.69) is 15.4 Å². The van der Waals surface area contributed by atoms with Crippen molar-refractivity contribution in [3.05, 3.63) is 35.7 Å². The van der Waals surface area contributed by atoms with Crippen molar-refractivity contribution in [1.29, 1.82) is 0 Å². The minimum absolute atomic E-state index is 0.0483. The van der Waals surface area contributed by atoms with Crippen molar-refractivity contribution >= 4 is 27.3 Å². The molecule has 11 nitrogen and oxygen atoms in total. The molecule has 0 spiro atoms. The van der Waals surface area contributed by atoms with E-state index in [-0.39, 0.29) is 43.5 Å². The fraction of sp³-hybridized carbons (Fsp3) is 0.368. The molecule has 5 rings (SSSR count). The van der Waals surface area contributed by atoms with Gasteiger partial charge in [0.25, 0.3) is 0 Å². The lowest BCUT2D eigenvalue weighted by Gasteiger charge is -2.34. The van der Waals surface area contributed by atoms with Crippen LogP contribution in [-0.4, -0.2) is 83.1 Å². The van der Waals surface area contributed by atoms with Crippen molar-refractivity contribution in [3.63, 3.8) is 0 Å². The van der Waals surface area contributed by atoms with Crippen LogP contribution in [0.1, 0.15) is 0 Å². The summed E-state index contributed by atoms with van der Waals surface area (Å²) in [6.07, 6.45) is 0. The number of benzene rings is 1. The zero-order chi connectivity index (χ0) is 22.1. The third kappa shape index (κ3) is 4.06. The first-order chi connectivity index (χ1) is 15.5. The molecular formula is C19H20N6O5S2. The molecule has 32 heavy (non-hydrogen) atoms. The molecule has 168 valence electrons. The number of fused-ring (bicyclic) bond motifs is 1. The number of ether oxygens (including phenoxy) is 2. The van der Waals surface area contributed by atoms with Crippen LogP contribution < -0.4 is 9.47 Å². The number of carbonyl (C=O) groups is 1. The molecule has 0 aliphatic carbocycles. The largest absolute Gasteiger partial charge is 0.486 e. The average molecular weight is 477 g/mol. The summed E-state index contributed by atoms with van der Waals surface area (Å²) >= 11 is 1.49. The molecule has 3 aromatic rings. The Morgan fingerprint density at radius 3 is 2.59 bits per heavy atom. The zero-order valence-electron chi connectivity index (χ0n) is 17.0. The molecule has 0 N–H and O–H groups in total. The van der Waals surface area contributed by atoms with Gasteiger partial charge in [-0.05, 0) is 28.8 Å². The minimum atomic E-state index is -3.70. The van der Waals surface area contributed by atoms with Gasteiger partial charge in [-0.15, -0.1) is 21.5 Å². The Hall–Kier alpha value is -3.03. The van der Waals surface area contributed by atoms with E-state index < -0.39 is 10.0 Å². The van der Waals surface area contributed by atoms with Crippen LogP contribution in [0, 0.1) is 0 Å². The first-order valence-corrected chi connectivity index (χ1v) is 12.3. The number of amides is 1. The van der Waals surface area contributed by atoms with E-state index in [1.54, 1.807) is 11.0 Å². The van der Waals surface area contributed by atoms with Gasteiger partial charge in [0.05, 0.1) is 9.77 Å². The molecular weight excluding hydrogens is 456 g/mol. The number of rotatable bonds is 5. The van der Waals surface area contributed by atoms with Crippen LogP contribution in [0.4, 0.5) is 0 Å². The third-order valence-corrected chi connectivity index (χ3v) is 7.97. The molecule has 1 amide bonds. The highest BCUT2D eigenvalue weighted by atomic mass is 32.2. The van der Waals surface area contributed by atoms with E-state index in [4.69, 9.17) is 9.47 Å². The fourth-order valence-electron chi connectivity index (χ4n) is 3.55. The van der Waals surface area contributed by atoms with Crippen molar-refractivity contribution in [1.82, 2.24) is 29.4 Å². The van der Waals surface area contributed by atoms with Crippen molar-refractivity contribution in [3.8, 4) is 22.2 Å². The number of hydrogen-bond donors (Lipinski definition) is 0. The first-order valence-electron chi connectivity index (χ1n) is 10.00. The normalized spacial score (nSPS) is 16.8. The van der Waals surface area contributed by atoms with E-state index in [0.29, 0.717) is 30.5 Å². The van der Waals surface area contributed by atoms with Gasteiger partial charge < -0.3 is 14.4 Å². The van der Waals surface area contributed by atoms with Gasteiger partial charge in [-0.3, -0.25) is 4.79 Å². The predicted molar refractivity (Wildman–Crippen MR) is 114 cm³/mol. The summed E-state index contributed by atoms with van der Waals surface area (Å²) in [6.45, 7) is 1.75. The van der Waals surface area contributed by atoms with Gasteiger partial charge >= 0.3 is 0 Å². The number of tetrazole rings is 1. The van der Waals surface area contributed by atoms with Gasteiger partial charge in [0.2, 0.25) is 21.8 Å². The number of carbonyl (C=O) groups excluding carboxylic acids is 1. The molecule has 2 aromatic heterocycles. The third-order valence-electron chi connectivity index (χ3n) is 5.21. The van der Waals surface area contributed by atoms with Crippen LogP contribution >= 0.6 is 11.3 Å². The maximum Gasteiger partial charge on any atom is 0.246 e. The fourth-order valence-corrected chi connectivity index (χ4v) is 5.63. The number of hydrogen-bond acceptors (Lipinski definition) is 9. The highest BCUT2D eigenvalue weighted by molar-refractivity contribution is 7.89. The number of nitrogens with zero attached hydrogens (tertiary/aromatic N) is 6. The lowest BCUT2D eigenvalue weighted by atomic mass is 10.3. The summed E-state index contributed by atoms with van der Waals surface area (Å²) in [5, 5.41) is 14.1. The monoisotopic (exact) mass is 476 g/mol. The predicted octanol–water partition coefficient (Wildman–Crippen LogP) is 0.706. The number of thiophene rings is 1. The Kier molecular flexibility index (Phi) is 5.53. The van der Waals surface area contributed by atoms with Crippen LogP contribution in [0.15, 0.2) is 40.6 Å². The summed E-state index contributed by atoms with van der Waals surface area (Å²) in [4.78, 5) is 16.6. The van der Waals surface area contributed by atoms with Crippen molar-refractivity contribution in [2.24, 2.45) is 0 Å². The Labute approximate surface area is 188 Å². The second kappa shape index (κ2) is 8.48. The van der Waals surface area contributed by atoms with E-state index in [9.17, 15) is 13.2 Å². The SMILES string of the molecule is O=C(Cn1nnc(-c2cccs2)n1)N1CCN(S(=O)(=O)c2ccc3c(c2)OCCO3)CC1. The van der Waals surface area contributed by atoms with Crippen LogP contribution in [0.25, 0.3) is 10.7 Å². The van der Waals surface area contributed by atoms with Crippen LogP contribution in [0.3, 0.4) is 0 Å². The van der Waals surface area contributed by atoms with Gasteiger partial charge in [0.15, 0.2) is 11.5 Å². The molecule has 2 aliphatic heterocycles. The summed E-state index contributed by atoms with van der Waals surface area (Å²) in [6, 6.07) is 8.39. The Morgan fingerprint density at radius 2 is 1.84 bits per heavy atom. The minimum Gasteiger partial charge on any atom is -0.486 e. The summed E-state index contributed by atoms with van der Waals surface area (Å²) in [5.74, 6) is 1.25. The molecule has 0 radical (unpaired) electrons. The summed E-state index contributed by atoms with van der Waals surface area (Å²) in [5.41, 5.74) is 0. The van der Waals surface area contributed by atoms with Gasteiger partial charge in [-0.25, -0.2) is 8.42 Å². The molecule has 0 unspecified atom stereocenters. The Morgan fingerprint density at radius 1 is 1.06 bits per heavy atom. The molecule has 1 aromatic carbocycles. The van der Waals surface area contributed by atoms with Crippen LogP contribution in [0.2, 0.25) is 0 Å². The lowest BCUT2D eigenvalue weighted by molar-refractivity contribution is -0.133. The van der Waals surface area contributed by atoms with Crippen LogP contribution in [-0.2, 0) is 21.4 Å². The maximum absolute atomic E-state index is 13.1. The van der Waals surface area contributed by atoms with Gasteiger partial charge in [0.1, 0.15) is 19.8 Å². The zero-order valence-corrected chi connectivity index (χ0v) is 18.6. The van der Waals surface area contributed by atoms with Gasteiger partial charge in [-0.1, -0.05) is 6.07 Å². The standard InChI is InChI=1S/C19H20N6O5S2/c26-18(13-25-21-19(20-22-25)17-2-1-11-31-17)23-5-7-24(8-6-23)32(27,28)14-3-4-15-16(12-14)30-10-9-29-15/h1-4,11-12H,5-10,13H2. The maximum atomic E-state index is 13.1. The second-order valence-electron chi connectivity index (χ2n) is 7.21. The van der Waals surface area contributed by atoms with Crippen molar-refractivity contribution in [2.45, 2.75) is 11.4 Å². The first kappa shape index (κ1) is 20.8. The Balaban J connectivity index is 1.20. The van der Waals surface area contributed by atoms with Crippen LogP contribution in [0.5, 0.6) is 11.5 Å². The van der Waals surface area contributed by atoms with Crippen molar-refractivity contribution in [2.75, 3.05) is 39.4 Å². The molecule has 0 atom stereocenters. The summed E-state index contributed by atoms with van der Waals surface area (Å²) in [7, 11) is -3.70. The molecule has 4 heterocycles. The lowest BCUT2D eigenvalue weighted by Crippen LogP contribution is -2.51. The average Bonchev–Trinajstić information content (AvgIpc) is 3.51. The van der Waals surface area contributed by atoms with Gasteiger partial charge in [0, 0.05) is 32.2 Å². The summed E-state index contributed by atoms with van der Waals surface area (Å²) < 4.78 is 38.4. The highest BCUT2D eigenvalue weighted by Crippen LogP contribution is 2.33. The number of aromatic nitrogens is 4. The second-order valence-corrected chi connectivity index (χ2v) is 10.1. The number of piperazine rings is 1. The molecule has 0 bridgehead atoms. The van der Waals surface area contributed by atoms with Crippen molar-refractivity contribution < 1.29 is 22.7 Å². The van der Waals surface area contributed by atoms with Gasteiger partial charge in [-0.2, -0.15) is 9.10 Å². The topological polar surface area (TPSA) is 120 Å². The van der Waals surface area contributed by atoms with E-state index in [0.717, 1.165) is 4.88 Å². The van der Waals surface area contributed by atoms with E-state index >= 15 is 0 Å². The number of sulfonamides is 1. The van der Waals surface area contributed by atoms with E-state index in [1.165, 1.54) is 32.6 Å². The molecule has 1 fully saturated rings. The highest BCUT2D eigenvalue weighted by Gasteiger charge is 2.31. The molecule has 2 aliphatic rings. The molecule has 13 heteroatoms. The molecule has 1 saturated heterocycles. The molecule has 0 saturated carbocycles. The van der Waals surface area contributed by atoms with E-state index in [1.807, 2.05) is 17.5 Å². The quantitative estimate of drug-likeness (QED) is 0.528. The Bertz CT molecular complexity index is 1220.